The maximum atomic E-state index is 12.6. The fourth-order valence-electron chi connectivity index (χ4n) is 3.23. The Balaban J connectivity index is 1.24. The quantitative estimate of drug-likeness (QED) is 0.200. The van der Waals surface area contributed by atoms with Gasteiger partial charge in [-0.25, -0.2) is 0 Å². The molecule has 1 amide bonds. The van der Waals surface area contributed by atoms with E-state index >= 15 is 0 Å². The van der Waals surface area contributed by atoms with Gasteiger partial charge in [-0.2, -0.15) is 0 Å². The number of hydrogen-bond donors (Lipinski definition) is 3. The third-order valence-corrected chi connectivity index (χ3v) is 5.10. The van der Waals surface area contributed by atoms with Crippen molar-refractivity contribution in [2.24, 2.45) is 0 Å². The molecule has 4 aromatic rings. The standard InChI is InChI=1S/C28H25N3O3S/c32-27(21-8-7-13-26(20-21)34-19-18-33-25-11-5-2-6-12-25)31-28(35)30-24-16-14-23(15-17-24)29-22-9-3-1-4-10-22/h1-17,20,29H,18-19H2,(H2,30,31,32,35). The maximum Gasteiger partial charge on any atom is 0.257 e. The molecule has 0 aliphatic rings. The number of carbonyl (C=O) groups is 1. The van der Waals surface area contributed by atoms with Crippen LogP contribution in [0.4, 0.5) is 17.1 Å². The van der Waals surface area contributed by atoms with Crippen LogP contribution in [0.2, 0.25) is 0 Å². The molecule has 0 radical (unpaired) electrons. The summed E-state index contributed by atoms with van der Waals surface area (Å²) in [4.78, 5) is 12.6. The third-order valence-electron chi connectivity index (χ3n) is 4.89. The van der Waals surface area contributed by atoms with Gasteiger partial charge in [-0.15, -0.1) is 0 Å². The molecular formula is C28H25N3O3S. The first kappa shape index (κ1) is 23.8. The zero-order valence-corrected chi connectivity index (χ0v) is 19.8. The van der Waals surface area contributed by atoms with Gasteiger partial charge < -0.3 is 20.1 Å². The van der Waals surface area contributed by atoms with Gasteiger partial charge in [0.15, 0.2) is 5.11 Å². The molecule has 3 N–H and O–H groups in total. The molecule has 0 aliphatic heterocycles. The average molecular weight is 484 g/mol. The second-order valence-electron chi connectivity index (χ2n) is 7.51. The number of carbonyl (C=O) groups excluding carboxylic acids is 1. The summed E-state index contributed by atoms with van der Waals surface area (Å²) in [6, 6.07) is 34.0. The highest BCUT2D eigenvalue weighted by Crippen LogP contribution is 2.19. The zero-order valence-electron chi connectivity index (χ0n) is 18.9. The largest absolute Gasteiger partial charge is 0.490 e. The van der Waals surface area contributed by atoms with E-state index in [1.165, 1.54) is 0 Å². The zero-order chi connectivity index (χ0) is 24.3. The van der Waals surface area contributed by atoms with Gasteiger partial charge in [0.25, 0.3) is 5.91 Å². The third kappa shape index (κ3) is 7.58. The summed E-state index contributed by atoms with van der Waals surface area (Å²) >= 11 is 5.31. The van der Waals surface area contributed by atoms with Crippen LogP contribution in [0.1, 0.15) is 10.4 Å². The van der Waals surface area contributed by atoms with Gasteiger partial charge in [-0.3, -0.25) is 10.1 Å². The predicted molar refractivity (Wildman–Crippen MR) is 144 cm³/mol. The van der Waals surface area contributed by atoms with E-state index in [0.717, 1.165) is 22.8 Å². The molecule has 0 fully saturated rings. The number of ether oxygens (including phenoxy) is 2. The minimum absolute atomic E-state index is 0.210. The number of nitrogens with one attached hydrogen (secondary N) is 3. The monoisotopic (exact) mass is 483 g/mol. The number of amides is 1. The summed E-state index contributed by atoms with van der Waals surface area (Å²) < 4.78 is 11.3. The molecule has 0 aromatic heterocycles. The average Bonchev–Trinajstić information content (AvgIpc) is 2.89. The van der Waals surface area contributed by atoms with E-state index in [4.69, 9.17) is 21.7 Å². The van der Waals surface area contributed by atoms with Crippen LogP contribution >= 0.6 is 12.2 Å². The SMILES string of the molecule is O=C(NC(=S)Nc1ccc(Nc2ccccc2)cc1)c1cccc(OCCOc2ccccc2)c1. The Morgan fingerprint density at radius 3 is 1.94 bits per heavy atom. The number of rotatable bonds is 9. The van der Waals surface area contributed by atoms with Crippen molar-refractivity contribution in [2.45, 2.75) is 0 Å². The number of benzene rings is 4. The van der Waals surface area contributed by atoms with E-state index in [1.807, 2.05) is 84.9 Å². The van der Waals surface area contributed by atoms with Crippen LogP contribution in [0.15, 0.2) is 109 Å². The second kappa shape index (κ2) is 12.2. The smallest absolute Gasteiger partial charge is 0.257 e. The molecule has 0 saturated carbocycles. The van der Waals surface area contributed by atoms with Gasteiger partial charge in [-0.1, -0.05) is 42.5 Å². The van der Waals surface area contributed by atoms with E-state index in [9.17, 15) is 4.79 Å². The normalized spacial score (nSPS) is 10.2. The predicted octanol–water partition coefficient (Wildman–Crippen LogP) is 6.01. The van der Waals surface area contributed by atoms with Crippen molar-refractivity contribution in [3.05, 3.63) is 115 Å². The number of hydrogen-bond acceptors (Lipinski definition) is 5. The molecule has 0 bridgehead atoms. The first-order chi connectivity index (χ1) is 17.2. The summed E-state index contributed by atoms with van der Waals surface area (Å²) in [6.07, 6.45) is 0. The van der Waals surface area contributed by atoms with E-state index in [1.54, 1.807) is 24.3 Å². The van der Waals surface area contributed by atoms with Crippen LogP contribution in [0, 0.1) is 0 Å². The Bertz CT molecular complexity index is 1250. The number of thiocarbonyl (C=S) groups is 1. The summed E-state index contributed by atoms with van der Waals surface area (Å²) in [6.45, 7) is 0.753. The summed E-state index contributed by atoms with van der Waals surface area (Å²) in [7, 11) is 0. The van der Waals surface area contributed by atoms with Crippen molar-refractivity contribution in [1.29, 1.82) is 0 Å². The Labute approximate surface area is 209 Å². The van der Waals surface area contributed by atoms with Crippen molar-refractivity contribution in [2.75, 3.05) is 23.8 Å². The molecule has 4 aromatic carbocycles. The Hall–Kier alpha value is -4.36. The molecule has 4 rings (SSSR count). The lowest BCUT2D eigenvalue weighted by Gasteiger charge is -2.12. The van der Waals surface area contributed by atoms with Crippen molar-refractivity contribution >= 4 is 40.3 Å². The van der Waals surface area contributed by atoms with Crippen molar-refractivity contribution in [3.63, 3.8) is 0 Å². The molecule has 0 atom stereocenters. The van der Waals surface area contributed by atoms with E-state index < -0.39 is 0 Å². The highest BCUT2D eigenvalue weighted by molar-refractivity contribution is 7.80. The van der Waals surface area contributed by atoms with Gasteiger partial charge in [0.1, 0.15) is 24.7 Å². The van der Waals surface area contributed by atoms with Gasteiger partial charge >= 0.3 is 0 Å². The first-order valence-electron chi connectivity index (χ1n) is 11.1. The maximum absolute atomic E-state index is 12.6. The molecule has 0 saturated heterocycles. The summed E-state index contributed by atoms with van der Waals surface area (Å²) in [5.41, 5.74) is 3.16. The van der Waals surface area contributed by atoms with Crippen LogP contribution in [-0.2, 0) is 0 Å². The molecule has 176 valence electrons. The Morgan fingerprint density at radius 1 is 0.657 bits per heavy atom. The second-order valence-corrected chi connectivity index (χ2v) is 7.92. The molecule has 0 heterocycles. The summed E-state index contributed by atoms with van der Waals surface area (Å²) in [5, 5.41) is 9.26. The van der Waals surface area contributed by atoms with Crippen LogP contribution in [0.25, 0.3) is 0 Å². The van der Waals surface area contributed by atoms with Crippen LogP contribution in [-0.4, -0.2) is 24.2 Å². The van der Waals surface area contributed by atoms with E-state index in [0.29, 0.717) is 24.5 Å². The van der Waals surface area contributed by atoms with Crippen molar-refractivity contribution in [1.82, 2.24) is 5.32 Å². The van der Waals surface area contributed by atoms with Gasteiger partial charge in [0, 0.05) is 22.6 Å². The summed E-state index contributed by atoms with van der Waals surface area (Å²) in [5.74, 6) is 1.04. The highest BCUT2D eigenvalue weighted by atomic mass is 32.1. The van der Waals surface area contributed by atoms with Gasteiger partial charge in [0.2, 0.25) is 0 Å². The lowest BCUT2D eigenvalue weighted by molar-refractivity contribution is 0.0977. The fourth-order valence-corrected chi connectivity index (χ4v) is 3.44. The van der Waals surface area contributed by atoms with Crippen LogP contribution in [0.3, 0.4) is 0 Å². The minimum Gasteiger partial charge on any atom is -0.490 e. The lowest BCUT2D eigenvalue weighted by Crippen LogP contribution is -2.34. The Morgan fingerprint density at radius 2 is 1.23 bits per heavy atom. The minimum atomic E-state index is -0.323. The van der Waals surface area contributed by atoms with Crippen LogP contribution in [0.5, 0.6) is 11.5 Å². The van der Waals surface area contributed by atoms with Crippen molar-refractivity contribution in [3.8, 4) is 11.5 Å². The topological polar surface area (TPSA) is 71.6 Å². The van der Waals surface area contributed by atoms with E-state index in [2.05, 4.69) is 16.0 Å². The fraction of sp³-hybridized carbons (Fsp3) is 0.0714. The molecule has 0 aliphatic carbocycles. The van der Waals surface area contributed by atoms with Gasteiger partial charge in [-0.05, 0) is 78.9 Å². The number of para-hydroxylation sites is 2. The molecular weight excluding hydrogens is 458 g/mol. The first-order valence-corrected chi connectivity index (χ1v) is 11.5. The number of anilines is 3. The highest BCUT2D eigenvalue weighted by Gasteiger charge is 2.09. The Kier molecular flexibility index (Phi) is 8.29. The van der Waals surface area contributed by atoms with Crippen molar-refractivity contribution < 1.29 is 14.3 Å². The molecule has 0 unspecified atom stereocenters. The molecule has 0 spiro atoms. The van der Waals surface area contributed by atoms with Gasteiger partial charge in [0.05, 0.1) is 0 Å². The lowest BCUT2D eigenvalue weighted by atomic mass is 10.2. The molecule has 6 nitrogen and oxygen atoms in total. The molecule has 35 heavy (non-hydrogen) atoms. The van der Waals surface area contributed by atoms with E-state index in [-0.39, 0.29) is 11.0 Å². The van der Waals surface area contributed by atoms with Crippen LogP contribution < -0.4 is 25.4 Å². The molecule has 7 heteroatoms.